The van der Waals surface area contributed by atoms with Crippen molar-refractivity contribution in [1.82, 2.24) is 0 Å². The van der Waals surface area contributed by atoms with E-state index < -0.39 is 5.82 Å². The number of halogens is 1. The van der Waals surface area contributed by atoms with Gasteiger partial charge in [-0.2, -0.15) is 5.26 Å². The fraction of sp³-hybridized carbons (Fsp3) is 0.333. The van der Waals surface area contributed by atoms with Crippen molar-refractivity contribution < 1.29 is 9.18 Å². The lowest BCUT2D eigenvalue weighted by molar-refractivity contribution is -0.122. The van der Waals surface area contributed by atoms with Crippen molar-refractivity contribution in [3.8, 4) is 6.07 Å². The molecule has 1 fully saturated rings. The zero-order chi connectivity index (χ0) is 11.5. The average molecular weight is 218 g/mol. The van der Waals surface area contributed by atoms with Crippen molar-refractivity contribution in [1.29, 1.82) is 5.26 Å². The van der Waals surface area contributed by atoms with Gasteiger partial charge in [0.2, 0.25) is 5.91 Å². The van der Waals surface area contributed by atoms with Crippen LogP contribution in [0.1, 0.15) is 24.8 Å². The molecule has 0 saturated heterocycles. The van der Waals surface area contributed by atoms with Gasteiger partial charge in [0.25, 0.3) is 0 Å². The van der Waals surface area contributed by atoms with E-state index >= 15 is 0 Å². The molecule has 1 saturated carbocycles. The zero-order valence-corrected chi connectivity index (χ0v) is 8.66. The van der Waals surface area contributed by atoms with Gasteiger partial charge in [0, 0.05) is 5.92 Å². The molecule has 0 spiro atoms. The summed E-state index contributed by atoms with van der Waals surface area (Å²) in [5.74, 6) is -0.496. The number of rotatable bonds is 2. The lowest BCUT2D eigenvalue weighted by Crippen LogP contribution is -2.28. The molecule has 0 atom stereocenters. The third kappa shape index (κ3) is 2.03. The van der Waals surface area contributed by atoms with E-state index in [1.807, 2.05) is 6.07 Å². The van der Waals surface area contributed by atoms with Crippen LogP contribution in [0, 0.1) is 23.1 Å². The lowest BCUT2D eigenvalue weighted by atomic mass is 9.85. The molecule has 0 unspecified atom stereocenters. The van der Waals surface area contributed by atoms with Crippen LogP contribution in [0.5, 0.6) is 0 Å². The highest BCUT2D eigenvalue weighted by Gasteiger charge is 2.25. The highest BCUT2D eigenvalue weighted by atomic mass is 19.1. The van der Waals surface area contributed by atoms with E-state index in [4.69, 9.17) is 5.26 Å². The summed E-state index contributed by atoms with van der Waals surface area (Å²) < 4.78 is 12.8. The first-order valence-corrected chi connectivity index (χ1v) is 5.21. The predicted octanol–water partition coefficient (Wildman–Crippen LogP) is 2.44. The fourth-order valence-electron chi connectivity index (χ4n) is 1.62. The van der Waals surface area contributed by atoms with Crippen LogP contribution in [0.3, 0.4) is 0 Å². The Morgan fingerprint density at radius 3 is 2.81 bits per heavy atom. The van der Waals surface area contributed by atoms with Crippen LogP contribution in [0.15, 0.2) is 18.2 Å². The summed E-state index contributed by atoms with van der Waals surface area (Å²) >= 11 is 0. The summed E-state index contributed by atoms with van der Waals surface area (Å²) in [6.45, 7) is 0. The van der Waals surface area contributed by atoms with E-state index in [1.54, 1.807) is 0 Å². The van der Waals surface area contributed by atoms with Crippen molar-refractivity contribution in [3.05, 3.63) is 29.6 Å². The highest BCUT2D eigenvalue weighted by molar-refractivity contribution is 5.94. The second-order valence-corrected chi connectivity index (χ2v) is 3.92. The molecule has 1 N–H and O–H groups in total. The molecular formula is C12H11FN2O. The lowest BCUT2D eigenvalue weighted by Gasteiger charge is -2.24. The minimum absolute atomic E-state index is 0.0524. The summed E-state index contributed by atoms with van der Waals surface area (Å²) in [4.78, 5) is 11.6. The number of nitrogens with one attached hydrogen (secondary N) is 1. The first-order chi connectivity index (χ1) is 7.70. The molecule has 0 aromatic heterocycles. The molecule has 0 heterocycles. The number of hydrogen-bond acceptors (Lipinski definition) is 2. The Labute approximate surface area is 92.9 Å². The molecule has 1 aliphatic rings. The maximum atomic E-state index is 12.8. The molecule has 16 heavy (non-hydrogen) atoms. The van der Waals surface area contributed by atoms with Crippen molar-refractivity contribution in [3.63, 3.8) is 0 Å². The van der Waals surface area contributed by atoms with Crippen LogP contribution in [0.25, 0.3) is 0 Å². The molecule has 1 aromatic carbocycles. The SMILES string of the molecule is N#Cc1cc(F)ccc1NC(=O)C1CCC1. The van der Waals surface area contributed by atoms with Crippen LogP contribution in [0.2, 0.25) is 0 Å². The number of nitriles is 1. The number of hydrogen-bond donors (Lipinski definition) is 1. The number of carbonyl (C=O) groups excluding carboxylic acids is 1. The Morgan fingerprint density at radius 1 is 1.50 bits per heavy atom. The summed E-state index contributed by atoms with van der Waals surface area (Å²) in [6, 6.07) is 5.64. The van der Waals surface area contributed by atoms with Gasteiger partial charge in [0.15, 0.2) is 0 Å². The predicted molar refractivity (Wildman–Crippen MR) is 57.1 cm³/mol. The van der Waals surface area contributed by atoms with E-state index in [-0.39, 0.29) is 17.4 Å². The normalized spacial score (nSPS) is 15.0. The van der Waals surface area contributed by atoms with Crippen LogP contribution in [-0.2, 0) is 4.79 Å². The van der Waals surface area contributed by atoms with Crippen LogP contribution < -0.4 is 5.32 Å². The molecule has 82 valence electrons. The van der Waals surface area contributed by atoms with Crippen molar-refractivity contribution in [2.45, 2.75) is 19.3 Å². The third-order valence-corrected chi connectivity index (χ3v) is 2.84. The zero-order valence-electron chi connectivity index (χ0n) is 8.66. The second-order valence-electron chi connectivity index (χ2n) is 3.92. The monoisotopic (exact) mass is 218 g/mol. The second kappa shape index (κ2) is 4.31. The number of anilines is 1. The Kier molecular flexibility index (Phi) is 2.86. The smallest absolute Gasteiger partial charge is 0.227 e. The molecule has 0 bridgehead atoms. The van der Waals surface area contributed by atoms with Crippen molar-refractivity contribution in [2.75, 3.05) is 5.32 Å². The molecule has 4 heteroatoms. The highest BCUT2D eigenvalue weighted by Crippen LogP contribution is 2.28. The van der Waals surface area contributed by atoms with Crippen molar-refractivity contribution >= 4 is 11.6 Å². The van der Waals surface area contributed by atoms with E-state index in [9.17, 15) is 9.18 Å². The quantitative estimate of drug-likeness (QED) is 0.828. The summed E-state index contributed by atoms with van der Waals surface area (Å²) in [7, 11) is 0. The van der Waals surface area contributed by atoms with Crippen LogP contribution >= 0.6 is 0 Å². The van der Waals surface area contributed by atoms with Gasteiger partial charge in [0.1, 0.15) is 11.9 Å². The van der Waals surface area contributed by atoms with Gasteiger partial charge in [0.05, 0.1) is 11.3 Å². The summed E-state index contributed by atoms with van der Waals surface area (Å²) in [5, 5.41) is 11.5. The Bertz CT molecular complexity index is 461. The number of benzene rings is 1. The molecule has 1 amide bonds. The van der Waals surface area contributed by atoms with E-state index in [0.717, 1.165) is 25.3 Å². The molecule has 1 aliphatic carbocycles. The Balaban J connectivity index is 2.14. The number of carbonyl (C=O) groups is 1. The van der Waals surface area contributed by atoms with Gasteiger partial charge in [-0.3, -0.25) is 4.79 Å². The van der Waals surface area contributed by atoms with Crippen molar-refractivity contribution in [2.24, 2.45) is 5.92 Å². The van der Waals surface area contributed by atoms with E-state index in [1.165, 1.54) is 12.1 Å². The first-order valence-electron chi connectivity index (χ1n) is 5.21. The number of amides is 1. The van der Waals surface area contributed by atoms with Gasteiger partial charge in [-0.25, -0.2) is 4.39 Å². The molecule has 0 aliphatic heterocycles. The third-order valence-electron chi connectivity index (χ3n) is 2.84. The molecule has 2 rings (SSSR count). The van der Waals surface area contributed by atoms with Crippen LogP contribution in [-0.4, -0.2) is 5.91 Å². The number of nitrogens with zero attached hydrogens (tertiary/aromatic N) is 1. The Hall–Kier alpha value is -1.89. The Morgan fingerprint density at radius 2 is 2.25 bits per heavy atom. The molecule has 1 aromatic rings. The minimum Gasteiger partial charge on any atom is -0.325 e. The van der Waals surface area contributed by atoms with Gasteiger partial charge < -0.3 is 5.32 Å². The summed E-state index contributed by atoms with van der Waals surface area (Å²) in [6.07, 6.45) is 2.87. The first kappa shape index (κ1) is 10.6. The maximum absolute atomic E-state index is 12.8. The standard InChI is InChI=1S/C12H11FN2O/c13-10-4-5-11(9(6-10)7-14)15-12(16)8-2-1-3-8/h4-6,8H,1-3H2,(H,15,16). The van der Waals surface area contributed by atoms with Gasteiger partial charge in [-0.05, 0) is 31.0 Å². The summed E-state index contributed by atoms with van der Waals surface area (Å²) in [5.41, 5.74) is 0.550. The van der Waals surface area contributed by atoms with E-state index in [2.05, 4.69) is 5.32 Å². The minimum atomic E-state index is -0.474. The van der Waals surface area contributed by atoms with Gasteiger partial charge >= 0.3 is 0 Å². The van der Waals surface area contributed by atoms with Gasteiger partial charge in [-0.15, -0.1) is 0 Å². The van der Waals surface area contributed by atoms with Crippen LogP contribution in [0.4, 0.5) is 10.1 Å². The van der Waals surface area contributed by atoms with Gasteiger partial charge in [-0.1, -0.05) is 6.42 Å². The fourth-order valence-corrected chi connectivity index (χ4v) is 1.62. The van der Waals surface area contributed by atoms with E-state index in [0.29, 0.717) is 5.69 Å². The maximum Gasteiger partial charge on any atom is 0.227 e. The molecule has 3 nitrogen and oxygen atoms in total. The molecule has 0 radical (unpaired) electrons. The molecular weight excluding hydrogens is 207 g/mol. The largest absolute Gasteiger partial charge is 0.325 e. The topological polar surface area (TPSA) is 52.9 Å². The average Bonchev–Trinajstić information content (AvgIpc) is 2.18.